The molecule has 140 valence electrons. The third-order valence-electron chi connectivity index (χ3n) is 5.60. The number of rotatable bonds is 10. The fourth-order valence-electron chi connectivity index (χ4n) is 3.60. The van der Waals surface area contributed by atoms with Gasteiger partial charge >= 0.3 is 6.03 Å². The molecule has 3 aliphatic heterocycles. The van der Waals surface area contributed by atoms with Crippen molar-refractivity contribution in [2.24, 2.45) is 5.41 Å². The van der Waals surface area contributed by atoms with Gasteiger partial charge in [0.05, 0.1) is 25.4 Å². The molecule has 0 radical (unpaired) electrons. The van der Waals surface area contributed by atoms with E-state index < -0.39 is 11.4 Å². The summed E-state index contributed by atoms with van der Waals surface area (Å²) in [4.78, 5) is 41.3. The van der Waals surface area contributed by atoms with Gasteiger partial charge in [0, 0.05) is 13.1 Å². The van der Waals surface area contributed by atoms with Crippen molar-refractivity contribution in [1.82, 2.24) is 9.80 Å². The number of carbonyl (C=O) groups excluding carboxylic acids is 3. The van der Waals surface area contributed by atoms with Gasteiger partial charge in [-0.05, 0) is 38.5 Å². The van der Waals surface area contributed by atoms with Crippen LogP contribution in [-0.4, -0.2) is 66.2 Å². The molecule has 3 aliphatic rings. The Balaban J connectivity index is 1.71. The molecule has 0 bridgehead atoms. The molecule has 3 fully saturated rings. The molecule has 3 rings (SSSR count). The SMILES string of the molecule is CCC1(CC)C(=O)N(CCCC2CO2)C(=O)N(CCCC2CO2)C1=O. The van der Waals surface area contributed by atoms with Gasteiger partial charge in [-0.3, -0.25) is 19.4 Å². The average molecular weight is 352 g/mol. The van der Waals surface area contributed by atoms with Gasteiger partial charge in [-0.1, -0.05) is 13.8 Å². The maximum absolute atomic E-state index is 13.0. The number of carbonyl (C=O) groups is 3. The molecule has 4 amide bonds. The van der Waals surface area contributed by atoms with Crippen molar-refractivity contribution in [2.75, 3.05) is 26.3 Å². The van der Waals surface area contributed by atoms with Crippen LogP contribution in [0.1, 0.15) is 52.4 Å². The van der Waals surface area contributed by atoms with Crippen LogP contribution in [0.4, 0.5) is 4.79 Å². The number of imide groups is 2. The maximum atomic E-state index is 13.0. The zero-order valence-corrected chi connectivity index (χ0v) is 15.2. The second kappa shape index (κ2) is 7.41. The third-order valence-corrected chi connectivity index (χ3v) is 5.60. The summed E-state index contributed by atoms with van der Waals surface area (Å²) >= 11 is 0. The number of hydrogen-bond donors (Lipinski definition) is 0. The summed E-state index contributed by atoms with van der Waals surface area (Å²) in [7, 11) is 0. The van der Waals surface area contributed by atoms with E-state index in [1.54, 1.807) is 0 Å². The van der Waals surface area contributed by atoms with Gasteiger partial charge in [0.2, 0.25) is 11.8 Å². The number of amides is 4. The summed E-state index contributed by atoms with van der Waals surface area (Å²) in [5.74, 6) is -0.656. The molecule has 0 aromatic carbocycles. The van der Waals surface area contributed by atoms with Gasteiger partial charge in [-0.2, -0.15) is 0 Å². The third kappa shape index (κ3) is 3.72. The standard InChI is InChI=1S/C18H28N2O5/c1-3-18(4-2)15(21)19(9-5-7-13-11-24-13)17(23)20(16(18)22)10-6-8-14-12-25-14/h13-14H,3-12H2,1-2H3. The van der Waals surface area contributed by atoms with E-state index in [1.165, 1.54) is 9.80 Å². The molecule has 25 heavy (non-hydrogen) atoms. The van der Waals surface area contributed by atoms with Crippen LogP contribution in [0.25, 0.3) is 0 Å². The normalized spacial score (nSPS) is 27.8. The molecule has 3 saturated heterocycles. The summed E-state index contributed by atoms with van der Waals surface area (Å²) in [6.07, 6.45) is 4.48. The molecular weight excluding hydrogens is 324 g/mol. The first-order valence-corrected chi connectivity index (χ1v) is 9.44. The monoisotopic (exact) mass is 352 g/mol. The molecule has 7 heteroatoms. The summed E-state index contributed by atoms with van der Waals surface area (Å²) < 4.78 is 10.4. The molecule has 0 aromatic heterocycles. The second-order valence-electron chi connectivity index (χ2n) is 7.18. The molecule has 2 unspecified atom stereocenters. The summed E-state index contributed by atoms with van der Waals surface area (Å²) in [5, 5.41) is 0. The first-order valence-electron chi connectivity index (χ1n) is 9.44. The van der Waals surface area contributed by atoms with Crippen LogP contribution in [0.15, 0.2) is 0 Å². The Bertz CT molecular complexity index is 496. The quantitative estimate of drug-likeness (QED) is 0.443. The first kappa shape index (κ1) is 18.3. The van der Waals surface area contributed by atoms with E-state index in [0.29, 0.717) is 38.8 Å². The van der Waals surface area contributed by atoms with E-state index in [2.05, 4.69) is 0 Å². The number of nitrogens with zero attached hydrogens (tertiary/aromatic N) is 2. The predicted octanol–water partition coefficient (Wildman–Crippen LogP) is 1.94. The summed E-state index contributed by atoms with van der Waals surface area (Å²) in [6.45, 7) is 5.94. The molecule has 0 N–H and O–H groups in total. The van der Waals surface area contributed by atoms with E-state index in [9.17, 15) is 14.4 Å². The van der Waals surface area contributed by atoms with Gasteiger partial charge in [-0.15, -0.1) is 0 Å². The fraction of sp³-hybridized carbons (Fsp3) is 0.833. The van der Waals surface area contributed by atoms with Crippen LogP contribution >= 0.6 is 0 Å². The molecular formula is C18H28N2O5. The number of epoxide rings is 2. The van der Waals surface area contributed by atoms with E-state index in [-0.39, 0.29) is 24.0 Å². The summed E-state index contributed by atoms with van der Waals surface area (Å²) in [6, 6.07) is -0.457. The van der Waals surface area contributed by atoms with Crippen LogP contribution in [0.3, 0.4) is 0 Å². The van der Waals surface area contributed by atoms with Crippen LogP contribution in [-0.2, 0) is 19.1 Å². The molecule has 3 heterocycles. The van der Waals surface area contributed by atoms with Crippen molar-refractivity contribution in [3.63, 3.8) is 0 Å². The largest absolute Gasteiger partial charge is 0.373 e. The summed E-state index contributed by atoms with van der Waals surface area (Å²) in [5.41, 5.74) is -1.10. The van der Waals surface area contributed by atoms with Crippen LogP contribution in [0, 0.1) is 5.41 Å². The van der Waals surface area contributed by atoms with Crippen LogP contribution in [0.5, 0.6) is 0 Å². The number of ether oxygens (including phenoxy) is 2. The van der Waals surface area contributed by atoms with Crippen LogP contribution in [0.2, 0.25) is 0 Å². The highest BCUT2D eigenvalue weighted by Crippen LogP contribution is 2.36. The first-order chi connectivity index (χ1) is 12.0. The van der Waals surface area contributed by atoms with E-state index in [4.69, 9.17) is 9.47 Å². The highest BCUT2D eigenvalue weighted by atomic mass is 16.6. The lowest BCUT2D eigenvalue weighted by Gasteiger charge is -2.43. The van der Waals surface area contributed by atoms with Crippen molar-refractivity contribution >= 4 is 17.8 Å². The minimum Gasteiger partial charge on any atom is -0.373 e. The number of barbiturate groups is 1. The lowest BCUT2D eigenvalue weighted by molar-refractivity contribution is -0.159. The minimum atomic E-state index is -1.10. The van der Waals surface area contributed by atoms with Crippen molar-refractivity contribution in [3.8, 4) is 0 Å². The smallest absolute Gasteiger partial charge is 0.333 e. The molecule has 7 nitrogen and oxygen atoms in total. The van der Waals surface area contributed by atoms with E-state index >= 15 is 0 Å². The zero-order chi connectivity index (χ0) is 18.0. The van der Waals surface area contributed by atoms with Crippen molar-refractivity contribution in [3.05, 3.63) is 0 Å². The Morgan fingerprint density at radius 1 is 0.880 bits per heavy atom. The van der Waals surface area contributed by atoms with Gasteiger partial charge in [0.1, 0.15) is 5.41 Å². The Morgan fingerprint density at radius 3 is 1.60 bits per heavy atom. The Labute approximate surface area is 148 Å². The molecule has 0 saturated carbocycles. The van der Waals surface area contributed by atoms with E-state index in [1.807, 2.05) is 13.8 Å². The van der Waals surface area contributed by atoms with Gasteiger partial charge < -0.3 is 9.47 Å². The predicted molar refractivity (Wildman–Crippen MR) is 89.8 cm³/mol. The second-order valence-corrected chi connectivity index (χ2v) is 7.18. The minimum absolute atomic E-state index is 0.272. The van der Waals surface area contributed by atoms with Crippen molar-refractivity contribution in [2.45, 2.75) is 64.6 Å². The van der Waals surface area contributed by atoms with Crippen LogP contribution < -0.4 is 0 Å². The zero-order valence-electron chi connectivity index (χ0n) is 15.2. The van der Waals surface area contributed by atoms with Crippen molar-refractivity contribution < 1.29 is 23.9 Å². The lowest BCUT2D eigenvalue weighted by atomic mass is 9.78. The maximum Gasteiger partial charge on any atom is 0.333 e. The lowest BCUT2D eigenvalue weighted by Crippen LogP contribution is -2.65. The molecule has 0 spiro atoms. The van der Waals surface area contributed by atoms with Gasteiger partial charge in [0.25, 0.3) is 0 Å². The highest BCUT2D eigenvalue weighted by Gasteiger charge is 2.54. The average Bonchev–Trinajstić information content (AvgIpc) is 3.50. The Morgan fingerprint density at radius 2 is 1.28 bits per heavy atom. The molecule has 0 aliphatic carbocycles. The topological polar surface area (TPSA) is 82.8 Å². The Hall–Kier alpha value is -1.47. The van der Waals surface area contributed by atoms with Gasteiger partial charge in [0.15, 0.2) is 0 Å². The molecule has 0 aromatic rings. The van der Waals surface area contributed by atoms with Crippen molar-refractivity contribution in [1.29, 1.82) is 0 Å². The highest BCUT2D eigenvalue weighted by molar-refractivity contribution is 6.19. The molecule has 2 atom stereocenters. The Kier molecular flexibility index (Phi) is 5.43. The van der Waals surface area contributed by atoms with E-state index in [0.717, 1.165) is 26.1 Å². The van der Waals surface area contributed by atoms with Gasteiger partial charge in [-0.25, -0.2) is 4.79 Å². The number of urea groups is 1. The number of hydrogen-bond acceptors (Lipinski definition) is 5. The fourth-order valence-corrected chi connectivity index (χ4v) is 3.60.